The summed E-state index contributed by atoms with van der Waals surface area (Å²) < 4.78 is 6.83. The summed E-state index contributed by atoms with van der Waals surface area (Å²) in [7, 11) is 0. The summed E-state index contributed by atoms with van der Waals surface area (Å²) in [6.45, 7) is 2.34. The fourth-order valence-electron chi connectivity index (χ4n) is 1.66. The molecular formula is C11H12ClN5O. The summed E-state index contributed by atoms with van der Waals surface area (Å²) in [5.41, 5.74) is 1.07. The van der Waals surface area contributed by atoms with Crippen LogP contribution in [0.15, 0.2) is 12.3 Å². The lowest BCUT2D eigenvalue weighted by Gasteiger charge is -2.03. The first-order valence-electron chi connectivity index (χ1n) is 5.86. The highest BCUT2D eigenvalue weighted by Crippen LogP contribution is 2.38. The predicted octanol–water partition coefficient (Wildman–Crippen LogP) is 1.99. The van der Waals surface area contributed by atoms with Crippen LogP contribution in [-0.2, 0) is 0 Å². The smallest absolute Gasteiger partial charge is 0.322 e. The number of rotatable bonds is 4. The van der Waals surface area contributed by atoms with E-state index in [2.05, 4.69) is 20.1 Å². The monoisotopic (exact) mass is 265 g/mol. The molecule has 0 spiro atoms. The van der Waals surface area contributed by atoms with Crippen LogP contribution < -0.4 is 4.74 Å². The average Bonchev–Trinajstić information content (AvgIpc) is 3.07. The second kappa shape index (κ2) is 4.53. The number of aromatic nitrogens is 5. The van der Waals surface area contributed by atoms with E-state index in [-0.39, 0.29) is 11.3 Å². The molecule has 3 rings (SSSR count). The second-order valence-electron chi connectivity index (χ2n) is 4.08. The number of hydrogen-bond donors (Lipinski definition) is 0. The first-order chi connectivity index (χ1) is 8.76. The van der Waals surface area contributed by atoms with Crippen molar-refractivity contribution in [3.05, 3.63) is 23.2 Å². The van der Waals surface area contributed by atoms with Crippen molar-refractivity contribution in [3.8, 4) is 12.0 Å². The van der Waals surface area contributed by atoms with Crippen molar-refractivity contribution in [1.29, 1.82) is 0 Å². The highest BCUT2D eigenvalue weighted by molar-refractivity contribution is 6.28. The van der Waals surface area contributed by atoms with Crippen molar-refractivity contribution in [2.24, 2.45) is 0 Å². The molecule has 2 heterocycles. The first-order valence-corrected chi connectivity index (χ1v) is 6.24. The minimum Gasteiger partial charge on any atom is -0.464 e. The summed E-state index contributed by atoms with van der Waals surface area (Å²) in [4.78, 5) is 12.1. The van der Waals surface area contributed by atoms with Crippen LogP contribution in [0, 0.1) is 0 Å². The molecule has 0 aliphatic heterocycles. The maximum Gasteiger partial charge on any atom is 0.322 e. The lowest BCUT2D eigenvalue weighted by atomic mass is 10.3. The van der Waals surface area contributed by atoms with Gasteiger partial charge in [-0.3, -0.25) is 0 Å². The van der Waals surface area contributed by atoms with Gasteiger partial charge in [0.1, 0.15) is 0 Å². The van der Waals surface area contributed by atoms with Gasteiger partial charge in [0.25, 0.3) is 5.95 Å². The van der Waals surface area contributed by atoms with Gasteiger partial charge in [0, 0.05) is 12.1 Å². The fourth-order valence-corrected chi connectivity index (χ4v) is 1.81. The van der Waals surface area contributed by atoms with Crippen molar-refractivity contribution in [1.82, 2.24) is 24.7 Å². The summed E-state index contributed by atoms with van der Waals surface area (Å²) in [6, 6.07) is 2.20. The fraction of sp³-hybridized carbons (Fsp3) is 0.455. The van der Waals surface area contributed by atoms with Crippen molar-refractivity contribution in [3.63, 3.8) is 0 Å². The maximum absolute atomic E-state index is 5.83. The van der Waals surface area contributed by atoms with E-state index in [0.717, 1.165) is 5.69 Å². The standard InChI is InChI=1S/C11H12ClN5O/c1-2-18-11-14-9(12)13-10(15-11)17-6-5-8(16-17)7-3-4-7/h5-7H,2-4H2,1H3. The van der Waals surface area contributed by atoms with Gasteiger partial charge in [-0.1, -0.05) is 0 Å². The Hall–Kier alpha value is -1.69. The molecule has 6 nitrogen and oxygen atoms in total. The Morgan fingerprint density at radius 3 is 2.94 bits per heavy atom. The molecule has 0 aromatic carbocycles. The number of nitrogens with zero attached hydrogens (tertiary/aromatic N) is 5. The zero-order valence-corrected chi connectivity index (χ0v) is 10.6. The van der Waals surface area contributed by atoms with E-state index in [0.29, 0.717) is 18.5 Å². The number of halogens is 1. The zero-order chi connectivity index (χ0) is 12.5. The van der Waals surface area contributed by atoms with E-state index in [1.54, 1.807) is 4.68 Å². The average molecular weight is 266 g/mol. The SMILES string of the molecule is CCOc1nc(Cl)nc(-n2ccc(C3CC3)n2)n1. The minimum absolute atomic E-state index is 0.104. The van der Waals surface area contributed by atoms with Gasteiger partial charge in [0.05, 0.1) is 12.3 Å². The topological polar surface area (TPSA) is 65.7 Å². The minimum atomic E-state index is 0.104. The lowest BCUT2D eigenvalue weighted by Crippen LogP contribution is -2.07. The van der Waals surface area contributed by atoms with Crippen LogP contribution >= 0.6 is 11.6 Å². The Bertz CT molecular complexity index is 566. The molecular weight excluding hydrogens is 254 g/mol. The van der Waals surface area contributed by atoms with E-state index in [1.807, 2.05) is 19.2 Å². The maximum atomic E-state index is 5.83. The molecule has 0 radical (unpaired) electrons. The summed E-state index contributed by atoms with van der Waals surface area (Å²) in [5.74, 6) is 0.972. The van der Waals surface area contributed by atoms with Crippen LogP contribution in [0.25, 0.3) is 5.95 Å². The first kappa shape index (κ1) is 11.4. The van der Waals surface area contributed by atoms with Gasteiger partial charge in [-0.05, 0) is 37.4 Å². The van der Waals surface area contributed by atoms with Crippen LogP contribution in [0.4, 0.5) is 0 Å². The van der Waals surface area contributed by atoms with Crippen LogP contribution in [0.5, 0.6) is 6.01 Å². The Kier molecular flexibility index (Phi) is 2.87. The van der Waals surface area contributed by atoms with Gasteiger partial charge >= 0.3 is 6.01 Å². The third-order valence-electron chi connectivity index (χ3n) is 2.66. The zero-order valence-electron chi connectivity index (χ0n) is 9.88. The Balaban J connectivity index is 1.93. The van der Waals surface area contributed by atoms with Crippen LogP contribution in [-0.4, -0.2) is 31.3 Å². The van der Waals surface area contributed by atoms with Crippen LogP contribution in [0.3, 0.4) is 0 Å². The van der Waals surface area contributed by atoms with Gasteiger partial charge in [-0.2, -0.15) is 20.1 Å². The molecule has 7 heteroatoms. The lowest BCUT2D eigenvalue weighted by molar-refractivity contribution is 0.310. The second-order valence-corrected chi connectivity index (χ2v) is 4.42. The van der Waals surface area contributed by atoms with Crippen molar-refractivity contribution < 1.29 is 4.74 Å². The largest absolute Gasteiger partial charge is 0.464 e. The van der Waals surface area contributed by atoms with E-state index < -0.39 is 0 Å². The van der Waals surface area contributed by atoms with Gasteiger partial charge in [-0.15, -0.1) is 0 Å². The Morgan fingerprint density at radius 2 is 2.22 bits per heavy atom. The van der Waals surface area contributed by atoms with Crippen molar-refractivity contribution in [2.75, 3.05) is 6.61 Å². The van der Waals surface area contributed by atoms with E-state index in [9.17, 15) is 0 Å². The summed E-state index contributed by atoms with van der Waals surface area (Å²) >= 11 is 5.83. The highest BCUT2D eigenvalue weighted by Gasteiger charge is 2.26. The summed E-state index contributed by atoms with van der Waals surface area (Å²) in [5, 5.41) is 4.54. The molecule has 0 unspecified atom stereocenters. The normalized spacial score (nSPS) is 14.8. The molecule has 1 saturated carbocycles. The molecule has 0 atom stereocenters. The third-order valence-corrected chi connectivity index (χ3v) is 2.83. The predicted molar refractivity (Wildman–Crippen MR) is 65.1 cm³/mol. The highest BCUT2D eigenvalue weighted by atomic mass is 35.5. The third kappa shape index (κ3) is 2.28. The molecule has 1 aliphatic rings. The van der Waals surface area contributed by atoms with E-state index in [4.69, 9.17) is 16.3 Å². The van der Waals surface area contributed by atoms with Crippen LogP contribution in [0.2, 0.25) is 5.28 Å². The molecule has 2 aromatic rings. The van der Waals surface area contributed by atoms with Crippen molar-refractivity contribution in [2.45, 2.75) is 25.7 Å². The number of hydrogen-bond acceptors (Lipinski definition) is 5. The van der Waals surface area contributed by atoms with E-state index in [1.165, 1.54) is 12.8 Å². The molecule has 0 amide bonds. The van der Waals surface area contributed by atoms with Gasteiger partial charge in [0.2, 0.25) is 5.28 Å². The number of ether oxygens (including phenoxy) is 1. The molecule has 2 aromatic heterocycles. The van der Waals surface area contributed by atoms with Gasteiger partial charge < -0.3 is 4.74 Å². The Labute approximate surface area is 109 Å². The van der Waals surface area contributed by atoms with Crippen LogP contribution in [0.1, 0.15) is 31.4 Å². The quantitative estimate of drug-likeness (QED) is 0.846. The molecule has 0 bridgehead atoms. The molecule has 0 N–H and O–H groups in total. The van der Waals surface area contributed by atoms with Gasteiger partial charge in [0.15, 0.2) is 0 Å². The molecule has 18 heavy (non-hydrogen) atoms. The molecule has 0 saturated heterocycles. The van der Waals surface area contributed by atoms with E-state index >= 15 is 0 Å². The molecule has 1 aliphatic carbocycles. The van der Waals surface area contributed by atoms with Crippen molar-refractivity contribution >= 4 is 11.6 Å². The van der Waals surface area contributed by atoms with Gasteiger partial charge in [-0.25, -0.2) is 4.68 Å². The molecule has 1 fully saturated rings. The molecule has 94 valence electrons. The Morgan fingerprint density at radius 1 is 1.39 bits per heavy atom. The summed E-state index contributed by atoms with van der Waals surface area (Å²) in [6.07, 6.45) is 4.24.